The van der Waals surface area contributed by atoms with Crippen molar-refractivity contribution in [2.75, 3.05) is 19.6 Å². The summed E-state index contributed by atoms with van der Waals surface area (Å²) in [6, 6.07) is 6.81. The van der Waals surface area contributed by atoms with Gasteiger partial charge in [-0.2, -0.15) is 11.8 Å². The average Bonchev–Trinajstić information content (AvgIpc) is 3.04. The van der Waals surface area contributed by atoms with Gasteiger partial charge in [0, 0.05) is 17.0 Å². The fourth-order valence-electron chi connectivity index (χ4n) is 2.03. The van der Waals surface area contributed by atoms with Gasteiger partial charge in [-0.05, 0) is 31.2 Å². The highest BCUT2D eigenvalue weighted by atomic mass is 32.2. The van der Waals surface area contributed by atoms with E-state index in [0.717, 1.165) is 23.2 Å². The van der Waals surface area contributed by atoms with E-state index >= 15 is 0 Å². The van der Waals surface area contributed by atoms with E-state index in [4.69, 9.17) is 9.47 Å². The van der Waals surface area contributed by atoms with Gasteiger partial charge in [-0.25, -0.2) is 0 Å². The summed E-state index contributed by atoms with van der Waals surface area (Å²) in [7, 11) is 2.04. The maximum atomic E-state index is 5.38. The lowest BCUT2D eigenvalue weighted by Crippen LogP contribution is -2.32. The van der Waals surface area contributed by atoms with Gasteiger partial charge in [-0.15, -0.1) is 0 Å². The van der Waals surface area contributed by atoms with E-state index in [9.17, 15) is 0 Å². The molecule has 0 amide bonds. The van der Waals surface area contributed by atoms with E-state index in [1.165, 1.54) is 11.3 Å². The van der Waals surface area contributed by atoms with Crippen LogP contribution in [0, 0.1) is 0 Å². The summed E-state index contributed by atoms with van der Waals surface area (Å²) in [5.41, 5.74) is 1.32. The molecular weight excluding hydrogens is 222 g/mol. The zero-order valence-corrected chi connectivity index (χ0v) is 10.0. The molecule has 1 saturated heterocycles. The van der Waals surface area contributed by atoms with Crippen molar-refractivity contribution < 1.29 is 9.47 Å². The molecule has 0 saturated carbocycles. The lowest BCUT2D eigenvalue weighted by Gasteiger charge is -2.14. The van der Waals surface area contributed by atoms with Crippen LogP contribution in [-0.4, -0.2) is 30.9 Å². The first-order chi connectivity index (χ1) is 7.86. The molecule has 0 aliphatic carbocycles. The molecule has 0 aromatic heterocycles. The number of hydrogen-bond donors (Lipinski definition) is 1. The Balaban J connectivity index is 1.74. The first-order valence-corrected chi connectivity index (χ1v) is 6.59. The lowest BCUT2D eigenvalue weighted by atomic mass is 10.0. The Hall–Kier alpha value is -0.870. The third-order valence-corrected chi connectivity index (χ3v) is 4.12. The summed E-state index contributed by atoms with van der Waals surface area (Å²) in [6.45, 7) is 0.354. The molecular formula is C12H15NO2S. The van der Waals surface area contributed by atoms with Gasteiger partial charge in [0.05, 0.1) is 0 Å². The highest BCUT2D eigenvalue weighted by molar-refractivity contribution is 8.07. The third kappa shape index (κ3) is 1.99. The molecule has 3 nitrogen and oxygen atoms in total. The monoisotopic (exact) mass is 237 g/mol. The van der Waals surface area contributed by atoms with E-state index in [1.807, 2.05) is 24.9 Å². The van der Waals surface area contributed by atoms with Crippen molar-refractivity contribution in [2.24, 2.45) is 0 Å². The molecule has 2 atom stereocenters. The summed E-state index contributed by atoms with van der Waals surface area (Å²) < 4.78 is 10.7. The van der Waals surface area contributed by atoms with Gasteiger partial charge < -0.3 is 14.8 Å². The van der Waals surface area contributed by atoms with E-state index in [1.54, 1.807) is 0 Å². The number of benzene rings is 1. The van der Waals surface area contributed by atoms with Crippen molar-refractivity contribution >= 4 is 11.8 Å². The van der Waals surface area contributed by atoms with Crippen molar-refractivity contribution in [3.8, 4) is 11.5 Å². The van der Waals surface area contributed by atoms with Crippen LogP contribution >= 0.6 is 11.8 Å². The fourth-order valence-corrected chi connectivity index (χ4v) is 2.84. The smallest absolute Gasteiger partial charge is 0.231 e. The Morgan fingerprint density at radius 1 is 1.44 bits per heavy atom. The summed E-state index contributed by atoms with van der Waals surface area (Å²) in [5.74, 6) is 3.04. The predicted octanol–water partition coefficient (Wildman–Crippen LogP) is 1.66. The minimum absolute atomic E-state index is 0.354. The minimum atomic E-state index is 0.354. The molecule has 2 heterocycles. The molecule has 2 unspecified atom stereocenters. The SMILES string of the molecule is CNC(Cc1ccc2c(c1)OCO2)C1CS1. The van der Waals surface area contributed by atoms with Crippen LogP contribution in [0.1, 0.15) is 5.56 Å². The third-order valence-electron chi connectivity index (χ3n) is 3.07. The molecule has 1 aromatic rings. The van der Waals surface area contributed by atoms with Crippen LogP contribution in [-0.2, 0) is 6.42 Å². The quantitative estimate of drug-likeness (QED) is 0.807. The van der Waals surface area contributed by atoms with Crippen LogP contribution < -0.4 is 14.8 Å². The van der Waals surface area contributed by atoms with Gasteiger partial charge in [0.2, 0.25) is 6.79 Å². The first-order valence-electron chi connectivity index (χ1n) is 5.54. The summed E-state index contributed by atoms with van der Waals surface area (Å²) in [4.78, 5) is 0. The number of ether oxygens (including phenoxy) is 2. The summed E-state index contributed by atoms with van der Waals surface area (Å²) in [5, 5.41) is 4.17. The van der Waals surface area contributed by atoms with E-state index in [0.29, 0.717) is 12.8 Å². The number of fused-ring (bicyclic) bond motifs is 1. The largest absolute Gasteiger partial charge is 0.454 e. The minimum Gasteiger partial charge on any atom is -0.454 e. The van der Waals surface area contributed by atoms with Crippen LogP contribution in [0.25, 0.3) is 0 Å². The van der Waals surface area contributed by atoms with E-state index < -0.39 is 0 Å². The van der Waals surface area contributed by atoms with Crippen molar-refractivity contribution in [3.63, 3.8) is 0 Å². The zero-order chi connectivity index (χ0) is 11.0. The first kappa shape index (κ1) is 10.3. The topological polar surface area (TPSA) is 30.5 Å². The Labute approximate surface area is 99.5 Å². The molecule has 0 radical (unpaired) electrons. The summed E-state index contributed by atoms with van der Waals surface area (Å²) in [6.07, 6.45) is 1.06. The average molecular weight is 237 g/mol. The molecule has 1 fully saturated rings. The van der Waals surface area contributed by atoms with Gasteiger partial charge in [-0.3, -0.25) is 0 Å². The Kier molecular flexibility index (Phi) is 2.69. The highest BCUT2D eigenvalue weighted by Gasteiger charge is 2.31. The van der Waals surface area contributed by atoms with Crippen LogP contribution in [0.15, 0.2) is 18.2 Å². The molecule has 2 aliphatic rings. The fraction of sp³-hybridized carbons (Fsp3) is 0.500. The Bertz CT molecular complexity index is 393. The van der Waals surface area contributed by atoms with Gasteiger partial charge in [0.1, 0.15) is 0 Å². The molecule has 1 aromatic carbocycles. The molecule has 16 heavy (non-hydrogen) atoms. The predicted molar refractivity (Wildman–Crippen MR) is 65.4 cm³/mol. The van der Waals surface area contributed by atoms with Crippen molar-refractivity contribution in [3.05, 3.63) is 23.8 Å². The highest BCUT2D eigenvalue weighted by Crippen LogP contribution is 2.36. The molecule has 86 valence electrons. The van der Waals surface area contributed by atoms with Gasteiger partial charge in [0.15, 0.2) is 11.5 Å². The number of hydrogen-bond acceptors (Lipinski definition) is 4. The zero-order valence-electron chi connectivity index (χ0n) is 9.23. The molecule has 4 heteroatoms. The van der Waals surface area contributed by atoms with Crippen LogP contribution in [0.5, 0.6) is 11.5 Å². The van der Waals surface area contributed by atoms with Crippen molar-refractivity contribution in [1.29, 1.82) is 0 Å². The second-order valence-corrected chi connectivity index (χ2v) is 5.43. The summed E-state index contributed by atoms with van der Waals surface area (Å²) >= 11 is 2.03. The van der Waals surface area contributed by atoms with E-state index in [2.05, 4.69) is 17.4 Å². The standard InChI is InChI=1S/C12H15NO2S/c1-13-9(12-6-16-12)4-8-2-3-10-11(5-8)15-7-14-10/h2-3,5,9,12-13H,4,6-7H2,1H3. The number of nitrogens with one attached hydrogen (secondary N) is 1. The number of thioether (sulfide) groups is 1. The maximum Gasteiger partial charge on any atom is 0.231 e. The lowest BCUT2D eigenvalue weighted by molar-refractivity contribution is 0.174. The van der Waals surface area contributed by atoms with Crippen molar-refractivity contribution in [2.45, 2.75) is 17.7 Å². The Morgan fingerprint density at radius 3 is 3.00 bits per heavy atom. The molecule has 0 bridgehead atoms. The van der Waals surface area contributed by atoms with Crippen LogP contribution in [0.2, 0.25) is 0 Å². The van der Waals surface area contributed by atoms with Gasteiger partial charge >= 0.3 is 0 Å². The van der Waals surface area contributed by atoms with Crippen molar-refractivity contribution in [1.82, 2.24) is 5.32 Å². The maximum absolute atomic E-state index is 5.38. The van der Waals surface area contributed by atoms with E-state index in [-0.39, 0.29) is 0 Å². The molecule has 3 rings (SSSR count). The molecule has 2 aliphatic heterocycles. The second kappa shape index (κ2) is 4.18. The normalized spacial score (nSPS) is 23.2. The van der Waals surface area contributed by atoms with Crippen LogP contribution in [0.4, 0.5) is 0 Å². The Morgan fingerprint density at radius 2 is 2.25 bits per heavy atom. The number of rotatable bonds is 4. The molecule has 0 spiro atoms. The number of likely N-dealkylation sites (N-methyl/N-ethyl adjacent to an activating group) is 1. The molecule has 1 N–H and O–H groups in total. The van der Waals surface area contributed by atoms with Crippen LogP contribution in [0.3, 0.4) is 0 Å². The van der Waals surface area contributed by atoms with Gasteiger partial charge in [0.25, 0.3) is 0 Å². The second-order valence-electron chi connectivity index (χ2n) is 4.16. The van der Waals surface area contributed by atoms with Gasteiger partial charge in [-0.1, -0.05) is 6.07 Å².